The molecule has 1 heterocycles. The van der Waals surface area contributed by atoms with Crippen molar-refractivity contribution in [2.24, 2.45) is 0 Å². The van der Waals surface area contributed by atoms with E-state index in [4.69, 9.17) is 0 Å². The maximum atomic E-state index is 13.3. The fraction of sp³-hybridized carbons (Fsp3) is 0.312. The van der Waals surface area contributed by atoms with Crippen molar-refractivity contribution in [1.82, 2.24) is 10.3 Å². The van der Waals surface area contributed by atoms with Gasteiger partial charge in [-0.3, -0.25) is 4.98 Å². The average Bonchev–Trinajstić information content (AvgIpc) is 2.42. The molecule has 0 fully saturated rings. The number of nitrogens with one attached hydrogen (secondary N) is 1. The molecular weight excluding hydrogens is 338 g/mol. The van der Waals surface area contributed by atoms with Crippen LogP contribution in [0.25, 0.3) is 0 Å². The lowest BCUT2D eigenvalue weighted by molar-refractivity contribution is 0.464. The summed E-state index contributed by atoms with van der Waals surface area (Å²) < 4.78 is 26.7. The summed E-state index contributed by atoms with van der Waals surface area (Å²) in [6.07, 6.45) is 1.86. The molecule has 21 heavy (non-hydrogen) atoms. The first kappa shape index (κ1) is 16.0. The quantitative estimate of drug-likeness (QED) is 0.860. The van der Waals surface area contributed by atoms with Gasteiger partial charge in [-0.25, -0.2) is 8.78 Å². The number of pyridine rings is 1. The highest BCUT2D eigenvalue weighted by Crippen LogP contribution is 2.22. The number of benzene rings is 1. The summed E-state index contributed by atoms with van der Waals surface area (Å²) >= 11 is 3.19. The normalized spacial score (nSPS) is 12.7. The SMILES string of the molecule is CC(C)NC(Cc1ccc(F)c(Br)c1)c1ccc(F)cn1. The molecule has 0 aliphatic carbocycles. The molecule has 0 saturated carbocycles. The van der Waals surface area contributed by atoms with Gasteiger partial charge in [-0.05, 0) is 52.2 Å². The summed E-state index contributed by atoms with van der Waals surface area (Å²) in [4.78, 5) is 4.14. The van der Waals surface area contributed by atoms with Crippen LogP contribution in [0.1, 0.15) is 31.1 Å². The van der Waals surface area contributed by atoms with Crippen molar-refractivity contribution in [3.8, 4) is 0 Å². The Morgan fingerprint density at radius 2 is 1.95 bits per heavy atom. The first-order valence-electron chi connectivity index (χ1n) is 6.77. The molecule has 1 aromatic carbocycles. The first-order valence-corrected chi connectivity index (χ1v) is 7.56. The largest absolute Gasteiger partial charge is 0.306 e. The van der Waals surface area contributed by atoms with E-state index in [-0.39, 0.29) is 23.7 Å². The third-order valence-corrected chi connectivity index (χ3v) is 3.67. The standard InChI is InChI=1S/C16H17BrF2N2/c1-10(2)21-16(15-6-4-12(18)9-20-15)8-11-3-5-14(19)13(17)7-11/h3-7,9-10,16,21H,8H2,1-2H3. The van der Waals surface area contributed by atoms with E-state index in [1.807, 2.05) is 13.8 Å². The molecule has 1 atom stereocenters. The molecule has 0 spiro atoms. The fourth-order valence-corrected chi connectivity index (χ4v) is 2.57. The van der Waals surface area contributed by atoms with Crippen LogP contribution in [0.4, 0.5) is 8.78 Å². The van der Waals surface area contributed by atoms with Gasteiger partial charge in [0, 0.05) is 6.04 Å². The summed E-state index contributed by atoms with van der Waals surface area (Å²) in [6.45, 7) is 4.08. The predicted octanol–water partition coefficient (Wildman–Crippen LogP) is 4.40. The van der Waals surface area contributed by atoms with Crippen LogP contribution >= 0.6 is 15.9 Å². The van der Waals surface area contributed by atoms with Crippen molar-refractivity contribution in [3.05, 3.63) is 63.9 Å². The van der Waals surface area contributed by atoms with Crippen molar-refractivity contribution < 1.29 is 8.78 Å². The number of hydrogen-bond acceptors (Lipinski definition) is 2. The van der Waals surface area contributed by atoms with Gasteiger partial charge in [0.25, 0.3) is 0 Å². The summed E-state index contributed by atoms with van der Waals surface area (Å²) in [5, 5.41) is 3.40. The first-order chi connectivity index (χ1) is 9.95. The molecule has 2 aromatic rings. The topological polar surface area (TPSA) is 24.9 Å². The van der Waals surface area contributed by atoms with Gasteiger partial charge in [-0.15, -0.1) is 0 Å². The summed E-state index contributed by atoms with van der Waals surface area (Å²) in [6, 6.07) is 8.22. The Morgan fingerprint density at radius 1 is 1.19 bits per heavy atom. The summed E-state index contributed by atoms with van der Waals surface area (Å²) in [7, 11) is 0. The molecule has 2 nitrogen and oxygen atoms in total. The molecule has 112 valence electrons. The summed E-state index contributed by atoms with van der Waals surface area (Å²) in [5.41, 5.74) is 1.75. The number of halogens is 3. The van der Waals surface area contributed by atoms with Crippen molar-refractivity contribution in [2.75, 3.05) is 0 Å². The minimum atomic E-state index is -0.355. The number of rotatable bonds is 5. The minimum absolute atomic E-state index is 0.0528. The van der Waals surface area contributed by atoms with Crippen LogP contribution in [0.15, 0.2) is 41.0 Å². The molecule has 0 aliphatic heterocycles. The third kappa shape index (κ3) is 4.58. The molecule has 0 aliphatic rings. The zero-order valence-electron chi connectivity index (χ0n) is 11.9. The van der Waals surface area contributed by atoms with Gasteiger partial charge in [0.15, 0.2) is 0 Å². The van der Waals surface area contributed by atoms with Gasteiger partial charge in [0.1, 0.15) is 11.6 Å². The zero-order chi connectivity index (χ0) is 15.4. The molecule has 0 bridgehead atoms. The lowest BCUT2D eigenvalue weighted by Crippen LogP contribution is -2.30. The predicted molar refractivity (Wildman–Crippen MR) is 83.0 cm³/mol. The maximum Gasteiger partial charge on any atom is 0.141 e. The minimum Gasteiger partial charge on any atom is -0.306 e. The van der Waals surface area contributed by atoms with Crippen molar-refractivity contribution in [1.29, 1.82) is 0 Å². The summed E-state index contributed by atoms with van der Waals surface area (Å²) in [5.74, 6) is -0.640. The maximum absolute atomic E-state index is 13.3. The number of aromatic nitrogens is 1. The Morgan fingerprint density at radius 3 is 2.52 bits per heavy atom. The lowest BCUT2D eigenvalue weighted by Gasteiger charge is -2.21. The van der Waals surface area contributed by atoms with Gasteiger partial charge in [-0.1, -0.05) is 19.9 Å². The smallest absolute Gasteiger partial charge is 0.141 e. The van der Waals surface area contributed by atoms with E-state index in [0.29, 0.717) is 10.9 Å². The van der Waals surface area contributed by atoms with E-state index < -0.39 is 0 Å². The van der Waals surface area contributed by atoms with Gasteiger partial charge < -0.3 is 5.32 Å². The highest BCUT2D eigenvalue weighted by atomic mass is 79.9. The van der Waals surface area contributed by atoms with Crippen molar-refractivity contribution in [3.63, 3.8) is 0 Å². The van der Waals surface area contributed by atoms with Crippen LogP contribution in [-0.4, -0.2) is 11.0 Å². The van der Waals surface area contributed by atoms with E-state index in [9.17, 15) is 8.78 Å². The van der Waals surface area contributed by atoms with E-state index in [1.165, 1.54) is 18.3 Å². The lowest BCUT2D eigenvalue weighted by atomic mass is 10.0. The van der Waals surface area contributed by atoms with Crippen LogP contribution < -0.4 is 5.32 Å². The molecule has 0 amide bonds. The van der Waals surface area contributed by atoms with Crippen LogP contribution in [0, 0.1) is 11.6 Å². The highest BCUT2D eigenvalue weighted by Gasteiger charge is 2.15. The Hall–Kier alpha value is -1.33. The molecule has 0 radical (unpaired) electrons. The molecular formula is C16H17BrF2N2. The zero-order valence-corrected chi connectivity index (χ0v) is 13.5. The van der Waals surface area contributed by atoms with Gasteiger partial charge in [-0.2, -0.15) is 0 Å². The average molecular weight is 355 g/mol. The molecule has 1 aromatic heterocycles. The van der Waals surface area contributed by atoms with Gasteiger partial charge in [0.2, 0.25) is 0 Å². The molecule has 0 saturated heterocycles. The van der Waals surface area contributed by atoms with E-state index in [2.05, 4.69) is 26.2 Å². The van der Waals surface area contributed by atoms with Crippen LogP contribution in [0.2, 0.25) is 0 Å². The molecule has 5 heteroatoms. The third-order valence-electron chi connectivity index (χ3n) is 3.07. The van der Waals surface area contributed by atoms with Gasteiger partial charge in [0.05, 0.1) is 22.4 Å². The monoisotopic (exact) mass is 354 g/mol. The van der Waals surface area contributed by atoms with Crippen LogP contribution in [-0.2, 0) is 6.42 Å². The number of hydrogen-bond donors (Lipinski definition) is 1. The Kier molecular flexibility index (Phi) is 5.42. The van der Waals surface area contributed by atoms with E-state index >= 15 is 0 Å². The fourth-order valence-electron chi connectivity index (χ4n) is 2.15. The molecule has 1 unspecified atom stereocenters. The van der Waals surface area contributed by atoms with Crippen LogP contribution in [0.5, 0.6) is 0 Å². The second-order valence-corrected chi connectivity index (χ2v) is 6.08. The highest BCUT2D eigenvalue weighted by molar-refractivity contribution is 9.10. The Labute approximate surface area is 131 Å². The van der Waals surface area contributed by atoms with Crippen LogP contribution in [0.3, 0.4) is 0 Å². The van der Waals surface area contributed by atoms with E-state index in [1.54, 1.807) is 18.2 Å². The van der Waals surface area contributed by atoms with Crippen molar-refractivity contribution in [2.45, 2.75) is 32.4 Å². The number of nitrogens with zero attached hydrogens (tertiary/aromatic N) is 1. The second kappa shape index (κ2) is 7.09. The second-order valence-electron chi connectivity index (χ2n) is 5.23. The van der Waals surface area contributed by atoms with Crippen molar-refractivity contribution >= 4 is 15.9 Å². The Balaban J connectivity index is 2.23. The molecule has 2 rings (SSSR count). The van der Waals surface area contributed by atoms with Gasteiger partial charge >= 0.3 is 0 Å². The Bertz CT molecular complexity index is 600. The molecule has 1 N–H and O–H groups in total. The van der Waals surface area contributed by atoms with E-state index in [0.717, 1.165) is 11.3 Å².